The van der Waals surface area contributed by atoms with Crippen LogP contribution in [0.1, 0.15) is 42.4 Å². The zero-order chi connectivity index (χ0) is 21.0. The van der Waals surface area contributed by atoms with E-state index in [0.717, 1.165) is 6.42 Å². The van der Waals surface area contributed by atoms with Crippen molar-refractivity contribution in [1.82, 2.24) is 4.98 Å². The molecule has 152 valence electrons. The van der Waals surface area contributed by atoms with Crippen LogP contribution in [0.4, 0.5) is 0 Å². The lowest BCUT2D eigenvalue weighted by Gasteiger charge is -2.25. The van der Waals surface area contributed by atoms with Gasteiger partial charge in [-0.2, -0.15) is 0 Å². The second-order valence-electron chi connectivity index (χ2n) is 8.37. The summed E-state index contributed by atoms with van der Waals surface area (Å²) in [6.07, 6.45) is 9.41. The standard InChI is InChI=1S/C25H22.C5H5N/c1-17-11-13-22(18-7-3-2-4-8-18)25-20(17)15-16-23-21-10-6-5-9-19(21)12-14-24(23)25;1-2-4-6-5-3-1/h2-10,14-17H,11-13H2,1H3;1-5H. The number of fused-ring (bicyclic) bond motifs is 5. The number of pyridine rings is 1. The molecular formula is C30H27N. The Morgan fingerprint density at radius 1 is 0.742 bits per heavy atom. The quantitative estimate of drug-likeness (QED) is 0.389. The van der Waals surface area contributed by atoms with E-state index in [9.17, 15) is 0 Å². The maximum absolute atomic E-state index is 3.78. The van der Waals surface area contributed by atoms with Crippen molar-refractivity contribution in [3.8, 4) is 11.1 Å². The van der Waals surface area contributed by atoms with E-state index in [1.54, 1.807) is 12.4 Å². The molecule has 0 fully saturated rings. The lowest BCUT2D eigenvalue weighted by Crippen LogP contribution is -2.37. The third-order valence-corrected chi connectivity index (χ3v) is 6.46. The highest BCUT2D eigenvalue weighted by molar-refractivity contribution is 5.77. The molecule has 31 heavy (non-hydrogen) atoms. The molecule has 0 N–H and O–H groups in total. The summed E-state index contributed by atoms with van der Waals surface area (Å²) >= 11 is 0. The van der Waals surface area contributed by atoms with E-state index in [4.69, 9.17) is 0 Å². The maximum atomic E-state index is 3.78. The summed E-state index contributed by atoms with van der Waals surface area (Å²) in [6.45, 7) is 2.38. The van der Waals surface area contributed by atoms with Gasteiger partial charge < -0.3 is 0 Å². The molecule has 3 aromatic carbocycles. The number of aromatic nitrogens is 1. The number of hydrogen-bond donors (Lipinski definition) is 0. The third-order valence-electron chi connectivity index (χ3n) is 6.46. The van der Waals surface area contributed by atoms with Crippen molar-refractivity contribution in [3.05, 3.63) is 124 Å². The molecule has 0 saturated heterocycles. The lowest BCUT2D eigenvalue weighted by molar-refractivity contribution is 0.673. The molecule has 0 aliphatic heterocycles. The molecule has 1 unspecified atom stereocenters. The fraction of sp³-hybridized carbons (Fsp3) is 0.167. The van der Waals surface area contributed by atoms with E-state index in [2.05, 4.69) is 84.7 Å². The summed E-state index contributed by atoms with van der Waals surface area (Å²) in [5.41, 5.74) is 8.70. The van der Waals surface area contributed by atoms with Gasteiger partial charge in [0.1, 0.15) is 0 Å². The van der Waals surface area contributed by atoms with Crippen LogP contribution in [0.3, 0.4) is 0 Å². The molecule has 0 bridgehead atoms. The summed E-state index contributed by atoms with van der Waals surface area (Å²) in [6, 6.07) is 30.3. The number of rotatable bonds is 1. The highest BCUT2D eigenvalue weighted by Gasteiger charge is 2.21. The second-order valence-corrected chi connectivity index (χ2v) is 8.37. The Hall–Kier alpha value is -3.45. The van der Waals surface area contributed by atoms with Crippen molar-refractivity contribution in [2.24, 2.45) is 0 Å². The lowest BCUT2D eigenvalue weighted by atomic mass is 9.79. The monoisotopic (exact) mass is 401 g/mol. The highest BCUT2D eigenvalue weighted by atomic mass is 14.6. The molecule has 4 aromatic rings. The van der Waals surface area contributed by atoms with Crippen LogP contribution in [0.15, 0.2) is 97.3 Å². The normalized spacial score (nSPS) is 16.0. The minimum atomic E-state index is 0.637. The van der Waals surface area contributed by atoms with Crippen molar-refractivity contribution in [2.45, 2.75) is 32.1 Å². The Kier molecular flexibility index (Phi) is 5.50. The van der Waals surface area contributed by atoms with E-state index in [-0.39, 0.29) is 0 Å². The fourth-order valence-corrected chi connectivity index (χ4v) is 4.89. The van der Waals surface area contributed by atoms with Crippen LogP contribution in [0.25, 0.3) is 22.8 Å². The Balaban J connectivity index is 0.000000296. The molecule has 1 heteroatoms. The number of hydrogen-bond acceptors (Lipinski definition) is 1. The van der Waals surface area contributed by atoms with Crippen molar-refractivity contribution in [3.63, 3.8) is 0 Å². The van der Waals surface area contributed by atoms with Gasteiger partial charge in [0.05, 0.1) is 0 Å². The molecule has 2 aliphatic rings. The van der Waals surface area contributed by atoms with Gasteiger partial charge in [-0.05, 0) is 81.1 Å². The molecule has 1 atom stereocenters. The van der Waals surface area contributed by atoms with Crippen LogP contribution >= 0.6 is 0 Å². The predicted molar refractivity (Wildman–Crippen MR) is 130 cm³/mol. The topological polar surface area (TPSA) is 12.9 Å². The Labute approximate surface area is 184 Å². The molecule has 6 rings (SSSR count). The Morgan fingerprint density at radius 3 is 2.23 bits per heavy atom. The maximum Gasteiger partial charge on any atom is 0.0267 e. The van der Waals surface area contributed by atoms with Gasteiger partial charge >= 0.3 is 0 Å². The highest BCUT2D eigenvalue weighted by Crippen LogP contribution is 2.31. The first-order valence-corrected chi connectivity index (χ1v) is 11.2. The zero-order valence-corrected chi connectivity index (χ0v) is 18.0. The molecule has 0 spiro atoms. The van der Waals surface area contributed by atoms with Crippen molar-refractivity contribution in [2.75, 3.05) is 0 Å². The van der Waals surface area contributed by atoms with Crippen molar-refractivity contribution >= 4 is 11.6 Å². The Morgan fingerprint density at radius 2 is 1.48 bits per heavy atom. The van der Waals surface area contributed by atoms with Crippen molar-refractivity contribution < 1.29 is 0 Å². The second kappa shape index (κ2) is 8.73. The largest absolute Gasteiger partial charge is 0.265 e. The molecule has 1 nitrogen and oxygen atoms in total. The summed E-state index contributed by atoms with van der Waals surface area (Å²) < 4.78 is 0. The first kappa shape index (κ1) is 19.5. The number of benzene rings is 3. The van der Waals surface area contributed by atoms with E-state index < -0.39 is 0 Å². The minimum absolute atomic E-state index is 0.637. The molecule has 0 radical (unpaired) electrons. The van der Waals surface area contributed by atoms with E-state index in [1.165, 1.54) is 56.7 Å². The van der Waals surface area contributed by atoms with Gasteiger partial charge in [0.2, 0.25) is 0 Å². The van der Waals surface area contributed by atoms with Gasteiger partial charge in [0, 0.05) is 12.4 Å². The predicted octanol–water partition coefficient (Wildman–Crippen LogP) is 5.87. The van der Waals surface area contributed by atoms with Gasteiger partial charge in [-0.25, -0.2) is 0 Å². The SMILES string of the molecule is CC1CCC(c2ccccc2)=c2c1ccc1c2=CCc2ccccc2-1.c1ccncc1. The van der Waals surface area contributed by atoms with Gasteiger partial charge in [0.15, 0.2) is 0 Å². The van der Waals surface area contributed by atoms with E-state index in [1.807, 2.05) is 18.2 Å². The average Bonchev–Trinajstić information content (AvgIpc) is 2.86. The summed E-state index contributed by atoms with van der Waals surface area (Å²) in [7, 11) is 0. The van der Waals surface area contributed by atoms with Gasteiger partial charge in [-0.1, -0.05) is 85.8 Å². The summed E-state index contributed by atoms with van der Waals surface area (Å²) in [5, 5.41) is 2.97. The van der Waals surface area contributed by atoms with Crippen LogP contribution in [-0.4, -0.2) is 4.98 Å². The molecule has 0 saturated carbocycles. The smallest absolute Gasteiger partial charge is 0.0267 e. The number of nitrogens with zero attached hydrogens (tertiary/aromatic N) is 1. The first-order valence-electron chi connectivity index (χ1n) is 11.2. The summed E-state index contributed by atoms with van der Waals surface area (Å²) in [4.78, 5) is 3.78. The van der Waals surface area contributed by atoms with Crippen LogP contribution in [0, 0.1) is 0 Å². The van der Waals surface area contributed by atoms with Crippen LogP contribution in [0.2, 0.25) is 0 Å². The average molecular weight is 402 g/mol. The first-order chi connectivity index (χ1) is 15.3. The van der Waals surface area contributed by atoms with Gasteiger partial charge in [-0.15, -0.1) is 0 Å². The Bertz CT molecular complexity index is 1280. The fourth-order valence-electron chi connectivity index (χ4n) is 4.89. The van der Waals surface area contributed by atoms with Gasteiger partial charge in [-0.3, -0.25) is 4.98 Å². The molecule has 1 aromatic heterocycles. The zero-order valence-electron chi connectivity index (χ0n) is 18.0. The molecular weight excluding hydrogens is 374 g/mol. The minimum Gasteiger partial charge on any atom is -0.265 e. The third kappa shape index (κ3) is 3.84. The van der Waals surface area contributed by atoms with Crippen LogP contribution in [-0.2, 0) is 6.42 Å². The van der Waals surface area contributed by atoms with Crippen molar-refractivity contribution in [1.29, 1.82) is 0 Å². The molecule has 1 heterocycles. The van der Waals surface area contributed by atoms with Crippen LogP contribution < -0.4 is 10.4 Å². The van der Waals surface area contributed by atoms with E-state index in [0.29, 0.717) is 5.92 Å². The van der Waals surface area contributed by atoms with Gasteiger partial charge in [0.25, 0.3) is 0 Å². The van der Waals surface area contributed by atoms with E-state index >= 15 is 0 Å². The van der Waals surface area contributed by atoms with Crippen LogP contribution in [0.5, 0.6) is 0 Å². The summed E-state index contributed by atoms with van der Waals surface area (Å²) in [5.74, 6) is 0.637. The molecule has 2 aliphatic carbocycles. The molecule has 0 amide bonds.